The molecule has 0 aliphatic carbocycles. The lowest BCUT2D eigenvalue weighted by molar-refractivity contribution is 1.23. The Morgan fingerprint density at radius 1 is 0.432 bits per heavy atom. The lowest BCUT2D eigenvalue weighted by Crippen LogP contribution is -1.96. The number of nitrogens with zero attached hydrogens (tertiary/aromatic N) is 6. The first-order valence-corrected chi connectivity index (χ1v) is 14.8. The maximum absolute atomic E-state index is 5.05. The molecule has 0 unspecified atom stereocenters. The third-order valence-corrected chi connectivity index (χ3v) is 9.19. The Bertz CT molecular complexity index is 2660. The first-order chi connectivity index (χ1) is 21.7. The maximum atomic E-state index is 5.05. The molecule has 6 heteroatoms. The van der Waals surface area contributed by atoms with Crippen LogP contribution in [-0.2, 0) is 0 Å². The fraction of sp³-hybridized carbons (Fsp3) is 0.0526. The minimum Gasteiger partial charge on any atom is -0.276 e. The standard InChI is InChI=1S/C38H24N6/c1-21-7-3-9-25-29-19-23(13-15-27(29)35-41-31-11-5-17-39-37(31)43(35)33(21)25)24-14-16-28-30(20-24)26-10-4-8-22(2)34(26)44-36(28)42-32-12-6-18-40-38(32)44/h3-20H,1-2H3. The van der Waals surface area contributed by atoms with Crippen molar-refractivity contribution in [3.8, 4) is 11.1 Å². The van der Waals surface area contributed by atoms with Crippen LogP contribution in [0.25, 0.3) is 88.1 Å². The summed E-state index contributed by atoms with van der Waals surface area (Å²) < 4.78 is 4.45. The van der Waals surface area contributed by atoms with Crippen molar-refractivity contribution in [2.45, 2.75) is 13.8 Å². The Morgan fingerprint density at radius 2 is 0.909 bits per heavy atom. The highest BCUT2D eigenvalue weighted by Gasteiger charge is 2.18. The van der Waals surface area contributed by atoms with E-state index in [9.17, 15) is 0 Å². The lowest BCUT2D eigenvalue weighted by Gasteiger charge is -2.14. The van der Waals surface area contributed by atoms with Gasteiger partial charge in [-0.25, -0.2) is 19.9 Å². The molecule has 0 atom stereocenters. The maximum Gasteiger partial charge on any atom is 0.164 e. The third kappa shape index (κ3) is 2.99. The Hall–Kier alpha value is -5.88. The fourth-order valence-corrected chi connectivity index (χ4v) is 7.24. The minimum absolute atomic E-state index is 0.887. The van der Waals surface area contributed by atoms with E-state index in [1.54, 1.807) is 0 Å². The van der Waals surface area contributed by atoms with Crippen molar-refractivity contribution in [1.82, 2.24) is 28.7 Å². The highest BCUT2D eigenvalue weighted by atomic mass is 15.1. The van der Waals surface area contributed by atoms with Gasteiger partial charge in [0.25, 0.3) is 0 Å². The lowest BCUT2D eigenvalue weighted by atomic mass is 9.95. The van der Waals surface area contributed by atoms with Crippen molar-refractivity contribution in [1.29, 1.82) is 0 Å². The van der Waals surface area contributed by atoms with Gasteiger partial charge in [-0.05, 0) is 95.4 Å². The second-order valence-electron chi connectivity index (χ2n) is 11.7. The van der Waals surface area contributed by atoms with Gasteiger partial charge in [0.2, 0.25) is 0 Å². The van der Waals surface area contributed by atoms with Crippen LogP contribution in [0.15, 0.2) is 109 Å². The molecule has 10 aromatic rings. The number of hydrogen-bond donors (Lipinski definition) is 0. The summed E-state index contributed by atoms with van der Waals surface area (Å²) in [6.45, 7) is 4.33. The van der Waals surface area contributed by atoms with Crippen LogP contribution < -0.4 is 0 Å². The van der Waals surface area contributed by atoms with Crippen molar-refractivity contribution in [3.63, 3.8) is 0 Å². The van der Waals surface area contributed by atoms with Crippen LogP contribution in [0.5, 0.6) is 0 Å². The molecule has 0 aliphatic heterocycles. The number of fused-ring (bicyclic) bond motifs is 16. The van der Waals surface area contributed by atoms with Gasteiger partial charge in [-0.3, -0.25) is 8.80 Å². The zero-order valence-corrected chi connectivity index (χ0v) is 24.1. The summed E-state index contributed by atoms with van der Waals surface area (Å²) in [5, 5.41) is 6.99. The average molecular weight is 565 g/mol. The SMILES string of the molecule is Cc1cccc2c3cc(-c4ccc5c(c4)c4cccc(C)c4n4c6ncccc6nc54)ccc3c3nc4cccnc4n3c12. The van der Waals surface area contributed by atoms with Crippen LogP contribution in [0.4, 0.5) is 0 Å². The van der Waals surface area contributed by atoms with Crippen LogP contribution in [0, 0.1) is 13.8 Å². The number of benzene rings is 4. The Kier molecular flexibility index (Phi) is 4.49. The molecule has 0 aliphatic rings. The van der Waals surface area contributed by atoms with E-state index in [0.717, 1.165) is 66.6 Å². The smallest absolute Gasteiger partial charge is 0.164 e. The van der Waals surface area contributed by atoms with E-state index in [0.29, 0.717) is 0 Å². The molecule has 0 spiro atoms. The van der Waals surface area contributed by atoms with E-state index in [-0.39, 0.29) is 0 Å². The Morgan fingerprint density at radius 3 is 1.39 bits per heavy atom. The van der Waals surface area contributed by atoms with Gasteiger partial charge in [-0.15, -0.1) is 0 Å². The highest BCUT2D eigenvalue weighted by Crippen LogP contribution is 2.38. The third-order valence-electron chi connectivity index (χ3n) is 9.19. The normalized spacial score (nSPS) is 12.3. The van der Waals surface area contributed by atoms with E-state index in [2.05, 4.69) is 95.4 Å². The molecule has 0 N–H and O–H groups in total. The summed E-state index contributed by atoms with van der Waals surface area (Å²) in [4.78, 5) is 19.5. The van der Waals surface area contributed by atoms with E-state index in [1.165, 1.54) is 32.7 Å². The first-order valence-electron chi connectivity index (χ1n) is 14.8. The minimum atomic E-state index is 0.887. The van der Waals surface area contributed by atoms with Crippen LogP contribution in [0.3, 0.4) is 0 Å². The van der Waals surface area contributed by atoms with Gasteiger partial charge in [0.15, 0.2) is 11.3 Å². The van der Waals surface area contributed by atoms with Crippen LogP contribution >= 0.6 is 0 Å². The molecular weight excluding hydrogens is 540 g/mol. The van der Waals surface area contributed by atoms with E-state index in [4.69, 9.17) is 19.9 Å². The molecule has 6 aromatic heterocycles. The van der Waals surface area contributed by atoms with Gasteiger partial charge in [0, 0.05) is 33.9 Å². The molecule has 6 nitrogen and oxygen atoms in total. The number of aryl methyl sites for hydroxylation is 2. The molecule has 44 heavy (non-hydrogen) atoms. The molecule has 0 fully saturated rings. The average Bonchev–Trinajstić information content (AvgIpc) is 3.64. The van der Waals surface area contributed by atoms with Gasteiger partial charge in [-0.1, -0.05) is 48.5 Å². The molecule has 4 aromatic carbocycles. The largest absolute Gasteiger partial charge is 0.276 e. The van der Waals surface area contributed by atoms with E-state index < -0.39 is 0 Å². The molecule has 0 saturated heterocycles. The molecule has 6 heterocycles. The van der Waals surface area contributed by atoms with Crippen molar-refractivity contribution < 1.29 is 0 Å². The highest BCUT2D eigenvalue weighted by molar-refractivity contribution is 6.17. The fourth-order valence-electron chi connectivity index (χ4n) is 7.24. The van der Waals surface area contributed by atoms with Gasteiger partial charge >= 0.3 is 0 Å². The number of rotatable bonds is 1. The monoisotopic (exact) mass is 564 g/mol. The van der Waals surface area contributed by atoms with Gasteiger partial charge < -0.3 is 0 Å². The summed E-state index contributed by atoms with van der Waals surface area (Å²) in [7, 11) is 0. The molecule has 206 valence electrons. The molecule has 0 saturated carbocycles. The Labute approximate surface area is 250 Å². The number of aromatic nitrogens is 6. The zero-order chi connectivity index (χ0) is 29.1. The van der Waals surface area contributed by atoms with Gasteiger partial charge in [0.05, 0.1) is 11.0 Å². The van der Waals surface area contributed by atoms with Crippen molar-refractivity contribution in [2.75, 3.05) is 0 Å². The van der Waals surface area contributed by atoms with Crippen molar-refractivity contribution in [3.05, 3.63) is 121 Å². The topological polar surface area (TPSA) is 60.4 Å². The predicted molar refractivity (Wildman–Crippen MR) is 179 cm³/mol. The summed E-state index contributed by atoms with van der Waals surface area (Å²) in [6.07, 6.45) is 3.68. The van der Waals surface area contributed by atoms with Crippen molar-refractivity contribution in [2.24, 2.45) is 0 Å². The van der Waals surface area contributed by atoms with Crippen LogP contribution in [0.2, 0.25) is 0 Å². The molecule has 0 radical (unpaired) electrons. The molecule has 0 amide bonds. The summed E-state index contributed by atoms with van der Waals surface area (Å²) in [6, 6.07) is 34.5. The second-order valence-corrected chi connectivity index (χ2v) is 11.7. The van der Waals surface area contributed by atoms with E-state index >= 15 is 0 Å². The molecule has 10 rings (SSSR count). The van der Waals surface area contributed by atoms with Gasteiger partial charge in [-0.2, -0.15) is 0 Å². The van der Waals surface area contributed by atoms with Crippen molar-refractivity contribution >= 4 is 77.0 Å². The second kappa shape index (κ2) is 8.36. The molecule has 0 bridgehead atoms. The number of para-hydroxylation sites is 2. The van der Waals surface area contributed by atoms with Crippen LogP contribution in [-0.4, -0.2) is 28.7 Å². The van der Waals surface area contributed by atoms with E-state index in [1.807, 2.05) is 36.7 Å². The summed E-state index contributed by atoms with van der Waals surface area (Å²) >= 11 is 0. The predicted octanol–water partition coefficient (Wildman–Crippen LogP) is 8.98. The number of imidazole rings is 2. The van der Waals surface area contributed by atoms with Gasteiger partial charge in [0.1, 0.15) is 22.3 Å². The molecular formula is C38H24N6. The quantitative estimate of drug-likeness (QED) is 0.187. The number of pyridine rings is 4. The van der Waals surface area contributed by atoms with Crippen LogP contribution in [0.1, 0.15) is 11.1 Å². The Balaban J connectivity index is 1.30. The first kappa shape index (κ1) is 23.7. The summed E-state index contributed by atoms with van der Waals surface area (Å²) in [5.74, 6) is 0. The number of hydrogen-bond acceptors (Lipinski definition) is 4. The zero-order valence-electron chi connectivity index (χ0n) is 24.1. The summed E-state index contributed by atoms with van der Waals surface area (Å²) in [5.41, 5.74) is 12.5.